The zero-order chi connectivity index (χ0) is 24.0. The van der Waals surface area contributed by atoms with E-state index in [1.165, 1.54) is 59.8 Å². The van der Waals surface area contributed by atoms with Gasteiger partial charge in [-0.15, -0.1) is 0 Å². The number of nitrogens with zero attached hydrogens (tertiary/aromatic N) is 2. The lowest BCUT2D eigenvalue weighted by molar-refractivity contribution is -0.384. The van der Waals surface area contributed by atoms with E-state index >= 15 is 0 Å². The van der Waals surface area contributed by atoms with Gasteiger partial charge in [0, 0.05) is 30.9 Å². The standard InChI is InChI=1S/C22H25N3O7S/c1-16(21(26)23-18-7-6-8-19(15-18)25(28)29)32-22(27)17-9-11-20(12-10-17)33(30,31)24-13-4-2-3-5-14-24/h6-12,15-16H,2-5,13-14H2,1H3,(H,23,26)/t16-/m0/s1. The highest BCUT2D eigenvalue weighted by molar-refractivity contribution is 7.89. The minimum atomic E-state index is -3.64. The van der Waals surface area contributed by atoms with Crippen molar-refractivity contribution < 1.29 is 27.7 Å². The number of nitrogens with one attached hydrogen (secondary N) is 1. The van der Waals surface area contributed by atoms with E-state index in [2.05, 4.69) is 5.32 Å². The lowest BCUT2D eigenvalue weighted by Crippen LogP contribution is -2.32. The van der Waals surface area contributed by atoms with Crippen molar-refractivity contribution in [2.24, 2.45) is 0 Å². The molecule has 0 aromatic heterocycles. The van der Waals surface area contributed by atoms with E-state index in [0.717, 1.165) is 25.7 Å². The SMILES string of the molecule is C[C@H](OC(=O)c1ccc(S(=O)(=O)N2CCCCCC2)cc1)C(=O)Nc1cccc([N+](=O)[O-])c1. The normalized spacial score (nSPS) is 15.8. The van der Waals surface area contributed by atoms with Gasteiger partial charge in [0.05, 0.1) is 15.4 Å². The Balaban J connectivity index is 1.62. The molecule has 0 radical (unpaired) electrons. The van der Waals surface area contributed by atoms with Crippen LogP contribution in [0.25, 0.3) is 0 Å². The van der Waals surface area contributed by atoms with E-state index in [0.29, 0.717) is 13.1 Å². The number of non-ortho nitro benzene ring substituents is 1. The maximum absolute atomic E-state index is 12.8. The summed E-state index contributed by atoms with van der Waals surface area (Å²) in [7, 11) is -3.64. The molecule has 0 unspecified atom stereocenters. The molecular formula is C22H25N3O7S. The quantitative estimate of drug-likeness (QED) is 0.368. The van der Waals surface area contributed by atoms with Crippen LogP contribution in [0.3, 0.4) is 0 Å². The van der Waals surface area contributed by atoms with E-state index in [1.807, 2.05) is 0 Å². The van der Waals surface area contributed by atoms with E-state index in [4.69, 9.17) is 4.74 Å². The Kier molecular flexibility index (Phi) is 7.77. The smallest absolute Gasteiger partial charge is 0.338 e. The molecule has 176 valence electrons. The van der Waals surface area contributed by atoms with Gasteiger partial charge in [-0.2, -0.15) is 4.31 Å². The third-order valence-corrected chi connectivity index (χ3v) is 7.18. The third kappa shape index (κ3) is 6.14. The first-order valence-electron chi connectivity index (χ1n) is 10.5. The van der Waals surface area contributed by atoms with Gasteiger partial charge in [-0.1, -0.05) is 18.9 Å². The molecule has 1 N–H and O–H groups in total. The van der Waals surface area contributed by atoms with E-state index in [1.54, 1.807) is 0 Å². The number of nitro groups is 1. The number of carbonyl (C=O) groups excluding carboxylic acids is 2. The number of esters is 1. The Hall–Kier alpha value is -3.31. The Morgan fingerprint density at radius 3 is 2.30 bits per heavy atom. The van der Waals surface area contributed by atoms with Crippen LogP contribution in [0.5, 0.6) is 0 Å². The minimum Gasteiger partial charge on any atom is -0.449 e. The van der Waals surface area contributed by atoms with Gasteiger partial charge in [-0.3, -0.25) is 14.9 Å². The van der Waals surface area contributed by atoms with Crippen molar-refractivity contribution in [3.8, 4) is 0 Å². The largest absolute Gasteiger partial charge is 0.449 e. The molecule has 3 rings (SSSR count). The number of ether oxygens (including phenoxy) is 1. The molecule has 1 saturated heterocycles. The van der Waals surface area contributed by atoms with Gasteiger partial charge in [-0.25, -0.2) is 13.2 Å². The molecule has 2 aromatic carbocycles. The van der Waals surface area contributed by atoms with Crippen molar-refractivity contribution in [2.45, 2.75) is 43.6 Å². The van der Waals surface area contributed by atoms with Crippen molar-refractivity contribution in [2.75, 3.05) is 18.4 Å². The topological polar surface area (TPSA) is 136 Å². The van der Waals surface area contributed by atoms with Crippen LogP contribution in [-0.4, -0.2) is 48.7 Å². The Labute approximate surface area is 191 Å². The Bertz CT molecular complexity index is 1120. The summed E-state index contributed by atoms with van der Waals surface area (Å²) in [6, 6.07) is 10.8. The van der Waals surface area contributed by atoms with Crippen LogP contribution in [0.1, 0.15) is 43.0 Å². The first kappa shape index (κ1) is 24.3. The van der Waals surface area contributed by atoms with E-state index in [-0.39, 0.29) is 21.8 Å². The number of amides is 1. The summed E-state index contributed by atoms with van der Waals surface area (Å²) >= 11 is 0. The zero-order valence-electron chi connectivity index (χ0n) is 18.1. The second-order valence-corrected chi connectivity index (χ2v) is 9.62. The molecule has 10 nitrogen and oxygen atoms in total. The van der Waals surface area contributed by atoms with Crippen LogP contribution in [0, 0.1) is 10.1 Å². The molecule has 2 aromatic rings. The molecule has 1 aliphatic heterocycles. The number of hydrogen-bond donors (Lipinski definition) is 1. The average Bonchev–Trinajstić information content (AvgIpc) is 3.09. The van der Waals surface area contributed by atoms with Crippen molar-refractivity contribution in [3.63, 3.8) is 0 Å². The summed E-state index contributed by atoms with van der Waals surface area (Å²) in [6.45, 7) is 2.31. The number of nitro benzene ring substituents is 1. The summed E-state index contributed by atoms with van der Waals surface area (Å²) in [6.07, 6.45) is 2.46. The van der Waals surface area contributed by atoms with E-state index in [9.17, 15) is 28.1 Å². The number of rotatable bonds is 7. The van der Waals surface area contributed by atoms with Gasteiger partial charge in [0.1, 0.15) is 0 Å². The molecule has 1 heterocycles. The van der Waals surface area contributed by atoms with Crippen molar-refractivity contribution >= 4 is 33.3 Å². The van der Waals surface area contributed by atoms with Crippen LogP contribution in [0.15, 0.2) is 53.4 Å². The summed E-state index contributed by atoms with van der Waals surface area (Å²) < 4.78 is 32.3. The number of hydrogen-bond acceptors (Lipinski definition) is 7. The van der Waals surface area contributed by atoms with Gasteiger partial charge in [0.2, 0.25) is 10.0 Å². The molecule has 1 atom stereocenters. The van der Waals surface area contributed by atoms with Crippen LogP contribution in [-0.2, 0) is 19.6 Å². The summed E-state index contributed by atoms with van der Waals surface area (Å²) in [5, 5.41) is 13.3. The maximum atomic E-state index is 12.8. The summed E-state index contributed by atoms with van der Waals surface area (Å²) in [4.78, 5) is 35.1. The van der Waals surface area contributed by atoms with Crippen molar-refractivity contribution in [1.29, 1.82) is 0 Å². The molecule has 1 fully saturated rings. The van der Waals surface area contributed by atoms with Crippen LogP contribution in [0.2, 0.25) is 0 Å². The molecular weight excluding hydrogens is 450 g/mol. The number of carbonyl (C=O) groups is 2. The van der Waals surface area contributed by atoms with Crippen molar-refractivity contribution in [1.82, 2.24) is 4.31 Å². The molecule has 0 spiro atoms. The minimum absolute atomic E-state index is 0.0948. The predicted molar refractivity (Wildman–Crippen MR) is 120 cm³/mol. The number of anilines is 1. The Morgan fingerprint density at radius 1 is 1.06 bits per heavy atom. The fraction of sp³-hybridized carbons (Fsp3) is 0.364. The summed E-state index contributed by atoms with van der Waals surface area (Å²) in [5.41, 5.74) is 0.104. The Morgan fingerprint density at radius 2 is 1.70 bits per heavy atom. The molecule has 0 aliphatic carbocycles. The molecule has 0 saturated carbocycles. The van der Waals surface area contributed by atoms with Gasteiger partial charge in [-0.05, 0) is 50.1 Å². The second kappa shape index (κ2) is 10.5. The monoisotopic (exact) mass is 475 g/mol. The lowest BCUT2D eigenvalue weighted by atomic mass is 10.2. The zero-order valence-corrected chi connectivity index (χ0v) is 18.9. The first-order chi connectivity index (χ1) is 15.7. The fourth-order valence-corrected chi connectivity index (χ4v) is 4.93. The molecule has 11 heteroatoms. The molecule has 1 amide bonds. The highest BCUT2D eigenvalue weighted by Crippen LogP contribution is 2.21. The van der Waals surface area contributed by atoms with Gasteiger partial charge in [0.25, 0.3) is 11.6 Å². The molecule has 0 bridgehead atoms. The van der Waals surface area contributed by atoms with Gasteiger partial charge >= 0.3 is 5.97 Å². The number of benzene rings is 2. The highest BCUT2D eigenvalue weighted by Gasteiger charge is 2.26. The van der Waals surface area contributed by atoms with Gasteiger partial charge < -0.3 is 10.1 Å². The van der Waals surface area contributed by atoms with Crippen LogP contribution >= 0.6 is 0 Å². The van der Waals surface area contributed by atoms with E-state index < -0.39 is 32.9 Å². The third-order valence-electron chi connectivity index (χ3n) is 5.27. The second-order valence-electron chi connectivity index (χ2n) is 7.69. The highest BCUT2D eigenvalue weighted by atomic mass is 32.2. The molecule has 33 heavy (non-hydrogen) atoms. The number of sulfonamides is 1. The van der Waals surface area contributed by atoms with Gasteiger partial charge in [0.15, 0.2) is 6.10 Å². The molecule has 1 aliphatic rings. The maximum Gasteiger partial charge on any atom is 0.338 e. The fourth-order valence-electron chi connectivity index (χ4n) is 3.42. The predicted octanol–water partition coefficient (Wildman–Crippen LogP) is 3.34. The van der Waals surface area contributed by atoms with Crippen LogP contribution < -0.4 is 5.32 Å². The average molecular weight is 476 g/mol. The summed E-state index contributed by atoms with van der Waals surface area (Å²) in [5.74, 6) is -1.46. The van der Waals surface area contributed by atoms with Crippen molar-refractivity contribution in [3.05, 3.63) is 64.2 Å². The van der Waals surface area contributed by atoms with Crippen LogP contribution in [0.4, 0.5) is 11.4 Å². The lowest BCUT2D eigenvalue weighted by Gasteiger charge is -2.20. The first-order valence-corrected chi connectivity index (χ1v) is 12.0.